The molecule has 0 fully saturated rings. The normalized spacial score (nSPS) is 12.3. The molecule has 1 heterocycles. The highest BCUT2D eigenvalue weighted by Crippen LogP contribution is 2.41. The molecule has 0 N–H and O–H groups in total. The summed E-state index contributed by atoms with van der Waals surface area (Å²) >= 11 is 24.7. The van der Waals surface area contributed by atoms with Crippen LogP contribution in [0.5, 0.6) is 0 Å². The Morgan fingerprint density at radius 2 is 1.55 bits per heavy atom. The molecule has 0 saturated carbocycles. The van der Waals surface area contributed by atoms with Crippen molar-refractivity contribution in [2.45, 2.75) is 31.6 Å². The van der Waals surface area contributed by atoms with E-state index in [-0.39, 0.29) is 23.5 Å². The Morgan fingerprint density at radius 1 is 0.909 bits per heavy atom. The molecule has 33 heavy (non-hydrogen) atoms. The van der Waals surface area contributed by atoms with Gasteiger partial charge >= 0.3 is 0 Å². The van der Waals surface area contributed by atoms with E-state index >= 15 is 0 Å². The summed E-state index contributed by atoms with van der Waals surface area (Å²) in [5.41, 5.74) is 1.96. The predicted molar refractivity (Wildman–Crippen MR) is 144 cm³/mol. The Morgan fingerprint density at radius 3 is 2.15 bits per heavy atom. The van der Waals surface area contributed by atoms with Crippen molar-refractivity contribution in [3.63, 3.8) is 0 Å². The standard InChI is InChI=1S/C22H20BrCl3N2O2S3/c1-31-19-6-3-16(11-20(19)32-2)14-28(13-15-7-9-27-10-8-15)33(29,30)21-12-17(22(24,25)26)4-5-18(21)23/h3-12H,13-14H2,1-2H3. The van der Waals surface area contributed by atoms with Gasteiger partial charge in [0.2, 0.25) is 13.8 Å². The number of nitrogens with zero attached hydrogens (tertiary/aromatic N) is 2. The fraction of sp³-hybridized carbons (Fsp3) is 0.227. The number of alkyl halides is 3. The lowest BCUT2D eigenvalue weighted by molar-refractivity contribution is 0.400. The Labute approximate surface area is 226 Å². The van der Waals surface area contributed by atoms with Crippen LogP contribution in [0.1, 0.15) is 16.7 Å². The Kier molecular flexibility index (Phi) is 9.48. The second-order valence-electron chi connectivity index (χ2n) is 6.96. The van der Waals surface area contributed by atoms with Crippen LogP contribution in [0.15, 0.2) is 80.1 Å². The molecule has 0 aliphatic carbocycles. The molecule has 0 radical (unpaired) electrons. The first kappa shape index (κ1) is 27.1. The molecule has 0 spiro atoms. The SMILES string of the molecule is CSc1ccc(CN(Cc2ccncc2)S(=O)(=O)c2cc(C(Cl)(Cl)Cl)ccc2Br)cc1SC. The number of thioether (sulfide) groups is 2. The molecule has 3 rings (SSSR count). The second kappa shape index (κ2) is 11.5. The van der Waals surface area contributed by atoms with Gasteiger partial charge in [0.25, 0.3) is 0 Å². The largest absolute Gasteiger partial charge is 0.265 e. The van der Waals surface area contributed by atoms with Crippen LogP contribution in [0, 0.1) is 0 Å². The minimum atomic E-state index is -3.97. The molecule has 0 bridgehead atoms. The third-order valence-electron chi connectivity index (χ3n) is 4.79. The average Bonchev–Trinajstić information content (AvgIpc) is 2.78. The van der Waals surface area contributed by atoms with E-state index in [1.807, 2.05) is 30.7 Å². The summed E-state index contributed by atoms with van der Waals surface area (Å²) in [5, 5.41) is 0. The molecule has 0 amide bonds. The van der Waals surface area contributed by atoms with E-state index in [4.69, 9.17) is 34.8 Å². The topological polar surface area (TPSA) is 50.3 Å². The summed E-state index contributed by atoms with van der Waals surface area (Å²) in [6, 6.07) is 14.1. The molecular formula is C22H20BrCl3N2O2S3. The molecule has 0 atom stereocenters. The van der Waals surface area contributed by atoms with E-state index in [0.29, 0.717) is 4.47 Å². The van der Waals surface area contributed by atoms with Crippen LogP contribution in [0.4, 0.5) is 0 Å². The van der Waals surface area contributed by atoms with Gasteiger partial charge in [-0.1, -0.05) is 46.9 Å². The van der Waals surface area contributed by atoms with Gasteiger partial charge < -0.3 is 0 Å². The maximum Gasteiger partial charge on any atom is 0.244 e. The van der Waals surface area contributed by atoms with Gasteiger partial charge in [-0.15, -0.1) is 23.5 Å². The van der Waals surface area contributed by atoms with Gasteiger partial charge in [-0.25, -0.2) is 8.42 Å². The number of aromatic nitrogens is 1. The highest BCUT2D eigenvalue weighted by Gasteiger charge is 2.31. The number of pyridine rings is 1. The number of benzene rings is 2. The van der Waals surface area contributed by atoms with Gasteiger partial charge in [-0.05, 0) is 76.0 Å². The van der Waals surface area contributed by atoms with Crippen LogP contribution in [-0.2, 0) is 26.9 Å². The van der Waals surface area contributed by atoms with Gasteiger partial charge in [0, 0.05) is 45.3 Å². The molecule has 2 aromatic carbocycles. The zero-order valence-corrected chi connectivity index (χ0v) is 23.9. The minimum Gasteiger partial charge on any atom is -0.265 e. The first-order valence-electron chi connectivity index (χ1n) is 9.53. The lowest BCUT2D eigenvalue weighted by Gasteiger charge is -2.24. The van der Waals surface area contributed by atoms with E-state index in [1.54, 1.807) is 60.2 Å². The van der Waals surface area contributed by atoms with E-state index < -0.39 is 13.8 Å². The zero-order chi connectivity index (χ0) is 24.2. The number of halogens is 4. The number of hydrogen-bond acceptors (Lipinski definition) is 5. The van der Waals surface area contributed by atoms with Crippen molar-refractivity contribution in [3.8, 4) is 0 Å². The summed E-state index contributed by atoms with van der Waals surface area (Å²) in [4.78, 5) is 6.30. The van der Waals surface area contributed by atoms with Crippen LogP contribution in [0.25, 0.3) is 0 Å². The van der Waals surface area contributed by atoms with E-state index in [0.717, 1.165) is 20.9 Å². The first-order valence-corrected chi connectivity index (χ1v) is 15.3. The summed E-state index contributed by atoms with van der Waals surface area (Å²) in [6.07, 6.45) is 7.30. The second-order valence-corrected chi connectivity index (χ2v) is 13.7. The van der Waals surface area contributed by atoms with Crippen molar-refractivity contribution in [2.75, 3.05) is 12.5 Å². The fourth-order valence-corrected chi connectivity index (χ4v) is 7.34. The van der Waals surface area contributed by atoms with Gasteiger partial charge in [0.05, 0.1) is 4.90 Å². The zero-order valence-electron chi connectivity index (χ0n) is 17.6. The van der Waals surface area contributed by atoms with Crippen LogP contribution in [0.3, 0.4) is 0 Å². The molecule has 1 aromatic heterocycles. The minimum absolute atomic E-state index is 0.0335. The highest BCUT2D eigenvalue weighted by molar-refractivity contribution is 9.10. The maximum atomic E-state index is 13.9. The van der Waals surface area contributed by atoms with Gasteiger partial charge in [0.15, 0.2) is 0 Å². The third kappa shape index (κ3) is 6.82. The first-order chi connectivity index (χ1) is 15.6. The summed E-state index contributed by atoms with van der Waals surface area (Å²) in [5.74, 6) is 0. The summed E-state index contributed by atoms with van der Waals surface area (Å²) in [6.45, 7) is 0.339. The van der Waals surface area contributed by atoms with Gasteiger partial charge in [-0.2, -0.15) is 4.31 Å². The molecule has 3 aromatic rings. The van der Waals surface area contributed by atoms with Crippen molar-refractivity contribution in [2.24, 2.45) is 0 Å². The monoisotopic (exact) mass is 624 g/mol. The highest BCUT2D eigenvalue weighted by atomic mass is 79.9. The Hall–Kier alpha value is -0.450. The Balaban J connectivity index is 2.08. The van der Waals surface area contributed by atoms with Crippen molar-refractivity contribution in [1.29, 1.82) is 0 Å². The summed E-state index contributed by atoms with van der Waals surface area (Å²) < 4.78 is 27.8. The molecule has 0 saturated heterocycles. The third-order valence-corrected chi connectivity index (χ3v) is 9.93. The Bertz CT molecular complexity index is 1220. The molecule has 176 valence electrons. The molecule has 11 heteroatoms. The number of rotatable bonds is 8. The van der Waals surface area contributed by atoms with Crippen LogP contribution in [0.2, 0.25) is 0 Å². The van der Waals surface area contributed by atoms with Crippen LogP contribution >= 0.6 is 74.3 Å². The summed E-state index contributed by atoms with van der Waals surface area (Å²) in [7, 11) is -3.97. The van der Waals surface area contributed by atoms with Crippen molar-refractivity contribution < 1.29 is 8.42 Å². The predicted octanol–water partition coefficient (Wildman–Crippen LogP) is 7.51. The molecule has 0 unspecified atom stereocenters. The van der Waals surface area contributed by atoms with Gasteiger partial charge in [-0.3, -0.25) is 4.98 Å². The van der Waals surface area contributed by atoms with E-state index in [9.17, 15) is 8.42 Å². The lowest BCUT2D eigenvalue weighted by atomic mass is 10.2. The molecule has 0 aliphatic heterocycles. The molecular weight excluding hydrogens is 607 g/mol. The van der Waals surface area contributed by atoms with E-state index in [2.05, 4.69) is 20.9 Å². The van der Waals surface area contributed by atoms with Crippen LogP contribution in [-0.4, -0.2) is 30.2 Å². The maximum absolute atomic E-state index is 13.9. The molecule has 0 aliphatic rings. The lowest BCUT2D eigenvalue weighted by Crippen LogP contribution is -2.31. The van der Waals surface area contributed by atoms with Crippen molar-refractivity contribution in [3.05, 3.63) is 82.1 Å². The smallest absolute Gasteiger partial charge is 0.244 e. The quantitative estimate of drug-likeness (QED) is 0.191. The fourth-order valence-electron chi connectivity index (χ4n) is 3.12. The van der Waals surface area contributed by atoms with Crippen LogP contribution < -0.4 is 0 Å². The average molecular weight is 627 g/mol. The number of hydrogen-bond donors (Lipinski definition) is 0. The van der Waals surface area contributed by atoms with Crippen molar-refractivity contribution in [1.82, 2.24) is 9.29 Å². The van der Waals surface area contributed by atoms with E-state index in [1.165, 1.54) is 10.4 Å². The van der Waals surface area contributed by atoms with Gasteiger partial charge in [0.1, 0.15) is 0 Å². The molecule has 4 nitrogen and oxygen atoms in total. The number of sulfonamides is 1. The van der Waals surface area contributed by atoms with Crippen molar-refractivity contribution >= 4 is 84.3 Å².